The van der Waals surface area contributed by atoms with Gasteiger partial charge in [0.25, 0.3) is 0 Å². The molecule has 0 N–H and O–H groups in total. The van der Waals surface area contributed by atoms with E-state index in [1.807, 2.05) is 17.0 Å². The van der Waals surface area contributed by atoms with Gasteiger partial charge in [-0.1, -0.05) is 23.7 Å². The van der Waals surface area contributed by atoms with Crippen molar-refractivity contribution < 1.29 is 17.9 Å². The van der Waals surface area contributed by atoms with Crippen LogP contribution in [0.4, 0.5) is 13.2 Å². The second kappa shape index (κ2) is 8.12. The predicted octanol–water partition coefficient (Wildman–Crippen LogP) is 5.21. The van der Waals surface area contributed by atoms with Crippen molar-refractivity contribution in [1.29, 1.82) is 5.26 Å². The SMILES string of the molecule is N#Cc1ccc(CC[C@@]2([C@@]3(C(F)(F)F)CCO3)CCN(Cc3ncc(Cl)s3)C2)cc1. The molecule has 0 bridgehead atoms. The van der Waals surface area contributed by atoms with Gasteiger partial charge in [-0.25, -0.2) is 4.98 Å². The number of nitrogens with zero attached hydrogens (tertiary/aromatic N) is 3. The highest BCUT2D eigenvalue weighted by Crippen LogP contribution is 2.59. The first-order valence-electron chi connectivity index (χ1n) is 9.79. The van der Waals surface area contributed by atoms with Crippen molar-refractivity contribution in [2.45, 2.75) is 44.0 Å². The summed E-state index contributed by atoms with van der Waals surface area (Å²) < 4.78 is 48.6. The van der Waals surface area contributed by atoms with Gasteiger partial charge in [-0.2, -0.15) is 18.4 Å². The first-order chi connectivity index (χ1) is 14.3. The van der Waals surface area contributed by atoms with Crippen molar-refractivity contribution in [3.63, 3.8) is 0 Å². The summed E-state index contributed by atoms with van der Waals surface area (Å²) in [5, 5.41) is 9.75. The lowest BCUT2D eigenvalue weighted by molar-refractivity contribution is -0.366. The molecule has 0 unspecified atom stereocenters. The minimum absolute atomic E-state index is 0.000784. The monoisotopic (exact) mass is 455 g/mol. The zero-order valence-electron chi connectivity index (χ0n) is 16.2. The van der Waals surface area contributed by atoms with Gasteiger partial charge in [0, 0.05) is 18.4 Å². The lowest BCUT2D eigenvalue weighted by atomic mass is 9.63. The van der Waals surface area contributed by atoms with Crippen LogP contribution < -0.4 is 0 Å². The van der Waals surface area contributed by atoms with Crippen molar-refractivity contribution >= 4 is 22.9 Å². The largest absolute Gasteiger partial charge is 0.418 e. The number of alkyl halides is 3. The number of nitriles is 1. The molecule has 4 rings (SSSR count). The maximum atomic E-state index is 14.2. The van der Waals surface area contributed by atoms with E-state index in [0.717, 1.165) is 10.6 Å². The maximum absolute atomic E-state index is 14.2. The number of hydrogen-bond acceptors (Lipinski definition) is 5. The van der Waals surface area contributed by atoms with Crippen molar-refractivity contribution in [2.24, 2.45) is 5.41 Å². The van der Waals surface area contributed by atoms with Gasteiger partial charge in [-0.3, -0.25) is 4.90 Å². The van der Waals surface area contributed by atoms with E-state index in [0.29, 0.717) is 48.8 Å². The Morgan fingerprint density at radius 3 is 2.53 bits per heavy atom. The van der Waals surface area contributed by atoms with Gasteiger partial charge in [-0.05, 0) is 43.5 Å². The number of hydrogen-bond donors (Lipinski definition) is 0. The molecular formula is C21H21ClF3N3OS. The molecule has 2 aliphatic rings. The van der Waals surface area contributed by atoms with E-state index in [1.54, 1.807) is 18.3 Å². The van der Waals surface area contributed by atoms with Crippen LogP contribution in [-0.2, 0) is 17.7 Å². The second-order valence-corrected chi connectivity index (χ2v) is 9.78. The van der Waals surface area contributed by atoms with Crippen LogP contribution in [0.25, 0.3) is 0 Å². The zero-order valence-corrected chi connectivity index (χ0v) is 17.8. The summed E-state index contributed by atoms with van der Waals surface area (Å²) >= 11 is 7.31. The Labute approximate surface area is 182 Å². The average Bonchev–Trinajstić information content (AvgIpc) is 3.25. The fourth-order valence-corrected chi connectivity index (χ4v) is 5.76. The molecule has 2 atom stereocenters. The third-order valence-electron chi connectivity index (χ3n) is 6.41. The van der Waals surface area contributed by atoms with Crippen molar-refractivity contribution in [2.75, 3.05) is 19.7 Å². The van der Waals surface area contributed by atoms with Gasteiger partial charge < -0.3 is 4.74 Å². The number of thiazole rings is 1. The van der Waals surface area contributed by atoms with Crippen LogP contribution in [0.3, 0.4) is 0 Å². The molecule has 2 aliphatic heterocycles. The molecule has 0 amide bonds. The molecule has 9 heteroatoms. The molecule has 160 valence electrons. The van der Waals surface area contributed by atoms with Gasteiger partial charge in [0.1, 0.15) is 9.34 Å². The van der Waals surface area contributed by atoms with Crippen LogP contribution in [0.15, 0.2) is 30.5 Å². The van der Waals surface area contributed by atoms with E-state index in [2.05, 4.69) is 11.1 Å². The van der Waals surface area contributed by atoms with Crippen LogP contribution in [-0.4, -0.2) is 41.4 Å². The number of halogens is 4. The summed E-state index contributed by atoms with van der Waals surface area (Å²) in [6, 6.07) is 9.10. The highest BCUT2D eigenvalue weighted by atomic mass is 35.5. The van der Waals surface area contributed by atoms with E-state index in [9.17, 15) is 13.2 Å². The lowest BCUT2D eigenvalue weighted by Crippen LogP contribution is -2.67. The fraction of sp³-hybridized carbons (Fsp3) is 0.524. The number of ether oxygens (including phenoxy) is 1. The number of rotatable bonds is 6. The first kappa shape index (κ1) is 21.6. The summed E-state index contributed by atoms with van der Waals surface area (Å²) in [4.78, 5) is 6.28. The molecule has 2 fully saturated rings. The van der Waals surface area contributed by atoms with E-state index < -0.39 is 17.2 Å². The second-order valence-electron chi connectivity index (χ2n) is 8.03. The lowest BCUT2D eigenvalue weighted by Gasteiger charge is -2.54. The summed E-state index contributed by atoms with van der Waals surface area (Å²) in [7, 11) is 0. The highest BCUT2D eigenvalue weighted by Gasteiger charge is 2.71. The third-order valence-corrected chi connectivity index (χ3v) is 7.51. The summed E-state index contributed by atoms with van der Waals surface area (Å²) in [6.07, 6.45) is -1.56. The van der Waals surface area contributed by atoms with E-state index >= 15 is 0 Å². The number of aromatic nitrogens is 1. The maximum Gasteiger partial charge on any atom is 0.418 e. The van der Waals surface area contributed by atoms with Crippen LogP contribution in [0.2, 0.25) is 4.34 Å². The van der Waals surface area contributed by atoms with E-state index in [1.165, 1.54) is 11.3 Å². The molecule has 1 aromatic carbocycles. The van der Waals surface area contributed by atoms with Crippen LogP contribution in [0.5, 0.6) is 0 Å². The van der Waals surface area contributed by atoms with Crippen LogP contribution in [0, 0.1) is 16.7 Å². The predicted molar refractivity (Wildman–Crippen MR) is 108 cm³/mol. The normalized spacial score (nSPS) is 27.0. The molecule has 4 nitrogen and oxygen atoms in total. The molecule has 0 aliphatic carbocycles. The molecule has 2 saturated heterocycles. The van der Waals surface area contributed by atoms with Crippen molar-refractivity contribution in [3.8, 4) is 6.07 Å². The summed E-state index contributed by atoms with van der Waals surface area (Å²) in [5.41, 5.74) is -1.65. The summed E-state index contributed by atoms with van der Waals surface area (Å²) in [6.45, 7) is 1.50. The standard InChI is InChI=1S/C21H21ClF3N3OS/c22-17-12-27-18(30-17)13-28-9-7-19(14-28,20(8-10-29-20)21(23,24)25)6-5-15-1-3-16(11-26)4-2-15/h1-4,12H,5-10,13-14H2/t19-,20-/m1/s1. The Balaban J connectivity index is 1.56. The van der Waals surface area contributed by atoms with Crippen molar-refractivity contribution in [1.82, 2.24) is 9.88 Å². The number of aryl methyl sites for hydroxylation is 1. The minimum Gasteiger partial charge on any atom is -0.365 e. The van der Waals surface area contributed by atoms with Gasteiger partial charge >= 0.3 is 6.18 Å². The molecule has 0 spiro atoms. The Bertz CT molecular complexity index is 936. The molecule has 0 saturated carbocycles. The smallest absolute Gasteiger partial charge is 0.365 e. The number of likely N-dealkylation sites (tertiary alicyclic amines) is 1. The Morgan fingerprint density at radius 1 is 1.27 bits per heavy atom. The van der Waals surface area contributed by atoms with E-state index in [-0.39, 0.29) is 13.0 Å². The van der Waals surface area contributed by atoms with Crippen LogP contribution in [0.1, 0.15) is 35.4 Å². The number of benzene rings is 1. The zero-order chi connectivity index (χ0) is 21.4. The van der Waals surface area contributed by atoms with Gasteiger partial charge in [-0.15, -0.1) is 11.3 Å². The topological polar surface area (TPSA) is 49.1 Å². The third kappa shape index (κ3) is 3.84. The molecule has 0 radical (unpaired) electrons. The van der Waals surface area contributed by atoms with E-state index in [4.69, 9.17) is 21.6 Å². The van der Waals surface area contributed by atoms with Gasteiger partial charge in [0.05, 0.1) is 31.0 Å². The highest BCUT2D eigenvalue weighted by molar-refractivity contribution is 7.15. The molecule has 1 aromatic heterocycles. The van der Waals surface area contributed by atoms with Crippen LogP contribution >= 0.6 is 22.9 Å². The van der Waals surface area contributed by atoms with Crippen molar-refractivity contribution in [3.05, 3.63) is 50.9 Å². The van der Waals surface area contributed by atoms with Gasteiger partial charge in [0.2, 0.25) is 0 Å². The Morgan fingerprint density at radius 2 is 2.00 bits per heavy atom. The average molecular weight is 456 g/mol. The molecule has 2 aromatic rings. The Hall–Kier alpha value is -1.66. The molecular weight excluding hydrogens is 435 g/mol. The van der Waals surface area contributed by atoms with Gasteiger partial charge in [0.15, 0.2) is 5.60 Å². The summed E-state index contributed by atoms with van der Waals surface area (Å²) in [5.74, 6) is 0. The molecule has 3 heterocycles. The quantitative estimate of drug-likeness (QED) is 0.599. The first-order valence-corrected chi connectivity index (χ1v) is 11.0. The molecule has 30 heavy (non-hydrogen) atoms. The fourth-order valence-electron chi connectivity index (χ4n) is 4.76. The Kier molecular flexibility index (Phi) is 5.84. The minimum atomic E-state index is -4.42.